The Hall–Kier alpha value is -2.08. The number of pyridine rings is 1. The highest BCUT2D eigenvalue weighted by atomic mass is 15.0. The number of hydrogen-bond acceptors (Lipinski definition) is 3. The van der Waals surface area contributed by atoms with E-state index in [4.69, 9.17) is 0 Å². The first-order valence-corrected chi connectivity index (χ1v) is 7.56. The molecule has 2 aromatic rings. The molecule has 0 aliphatic heterocycles. The Bertz CT molecular complexity index is 645. The molecule has 0 aliphatic rings. The number of nitrogens with zero attached hydrogens (tertiary/aromatic N) is 2. The Kier molecular flexibility index (Phi) is 4.80. The molecule has 0 fully saturated rings. The number of anilines is 1. The molecule has 1 heterocycles. The van der Waals surface area contributed by atoms with E-state index in [1.165, 1.54) is 0 Å². The van der Waals surface area contributed by atoms with Crippen LogP contribution in [-0.2, 0) is 0 Å². The fourth-order valence-electron chi connectivity index (χ4n) is 2.82. The van der Waals surface area contributed by atoms with Crippen molar-refractivity contribution in [2.24, 2.45) is 17.8 Å². The van der Waals surface area contributed by atoms with Gasteiger partial charge in [0.05, 0.1) is 17.1 Å². The largest absolute Gasteiger partial charge is 0.370 e. The summed E-state index contributed by atoms with van der Waals surface area (Å²) in [4.78, 5) is 4.61. The molecule has 0 spiro atoms. The van der Waals surface area contributed by atoms with Crippen LogP contribution in [0.3, 0.4) is 0 Å². The van der Waals surface area contributed by atoms with Gasteiger partial charge >= 0.3 is 0 Å². The second-order valence-corrected chi connectivity index (χ2v) is 6.22. The van der Waals surface area contributed by atoms with Gasteiger partial charge in [-0.1, -0.05) is 45.9 Å². The first-order chi connectivity index (χ1) is 10.0. The van der Waals surface area contributed by atoms with E-state index in [0.29, 0.717) is 23.3 Å². The molecule has 21 heavy (non-hydrogen) atoms. The third kappa shape index (κ3) is 3.52. The minimum atomic E-state index is 0.587. The Morgan fingerprint density at radius 2 is 1.81 bits per heavy atom. The molecule has 2 rings (SSSR count). The predicted octanol–water partition coefficient (Wildman–Crippen LogP) is 4.45. The Morgan fingerprint density at radius 1 is 1.14 bits per heavy atom. The number of nitrogens with one attached hydrogen (secondary N) is 1. The summed E-state index contributed by atoms with van der Waals surface area (Å²) in [6.45, 7) is 9.88. The third-order valence-corrected chi connectivity index (χ3v) is 4.07. The van der Waals surface area contributed by atoms with Crippen molar-refractivity contribution in [3.8, 4) is 6.07 Å². The number of hydrogen-bond donors (Lipinski definition) is 1. The number of para-hydroxylation sites is 1. The fourth-order valence-corrected chi connectivity index (χ4v) is 2.82. The lowest BCUT2D eigenvalue weighted by Gasteiger charge is -2.25. The highest BCUT2D eigenvalue weighted by Crippen LogP contribution is 2.23. The maximum absolute atomic E-state index is 9.31. The van der Waals surface area contributed by atoms with Gasteiger partial charge in [0, 0.05) is 11.9 Å². The lowest BCUT2D eigenvalue weighted by Crippen LogP contribution is -2.24. The van der Waals surface area contributed by atoms with E-state index in [2.05, 4.69) is 44.1 Å². The van der Waals surface area contributed by atoms with Crippen LogP contribution in [0.5, 0.6) is 0 Å². The first kappa shape index (κ1) is 15.3. The predicted molar refractivity (Wildman–Crippen MR) is 88.1 cm³/mol. The highest BCUT2D eigenvalue weighted by molar-refractivity contribution is 5.86. The minimum absolute atomic E-state index is 0.587. The monoisotopic (exact) mass is 281 g/mol. The van der Waals surface area contributed by atoms with Crippen LogP contribution in [0.2, 0.25) is 0 Å². The summed E-state index contributed by atoms with van der Waals surface area (Å²) in [7, 11) is 0. The van der Waals surface area contributed by atoms with Crippen molar-refractivity contribution in [3.63, 3.8) is 0 Å². The molecule has 1 aromatic heterocycles. The number of nitriles is 1. The van der Waals surface area contributed by atoms with E-state index >= 15 is 0 Å². The molecular weight excluding hydrogens is 258 g/mol. The molecule has 0 bridgehead atoms. The zero-order valence-electron chi connectivity index (χ0n) is 13.2. The molecule has 0 aliphatic carbocycles. The zero-order valence-corrected chi connectivity index (χ0v) is 13.2. The van der Waals surface area contributed by atoms with Crippen LogP contribution in [0.4, 0.5) is 5.82 Å². The van der Waals surface area contributed by atoms with Gasteiger partial charge in [0.2, 0.25) is 0 Å². The van der Waals surface area contributed by atoms with Crippen molar-refractivity contribution in [3.05, 3.63) is 35.9 Å². The van der Waals surface area contributed by atoms with Gasteiger partial charge < -0.3 is 5.32 Å². The van der Waals surface area contributed by atoms with Gasteiger partial charge in [-0.3, -0.25) is 0 Å². The van der Waals surface area contributed by atoms with Crippen LogP contribution in [0.1, 0.15) is 33.3 Å². The fraction of sp³-hybridized carbons (Fsp3) is 0.444. The lowest BCUT2D eigenvalue weighted by atomic mass is 9.85. The first-order valence-electron chi connectivity index (χ1n) is 7.56. The smallest absolute Gasteiger partial charge is 0.127 e. The van der Waals surface area contributed by atoms with Crippen LogP contribution in [0, 0.1) is 29.1 Å². The van der Waals surface area contributed by atoms with Crippen molar-refractivity contribution in [1.29, 1.82) is 5.26 Å². The Labute approximate surface area is 127 Å². The summed E-state index contributed by atoms with van der Waals surface area (Å²) in [5.41, 5.74) is 1.54. The van der Waals surface area contributed by atoms with E-state index in [1.807, 2.05) is 30.3 Å². The summed E-state index contributed by atoms with van der Waals surface area (Å²) in [5, 5.41) is 13.6. The molecule has 1 N–H and O–H groups in total. The third-order valence-electron chi connectivity index (χ3n) is 4.07. The van der Waals surface area contributed by atoms with Crippen LogP contribution in [0.15, 0.2) is 30.3 Å². The van der Waals surface area contributed by atoms with Gasteiger partial charge in [-0.15, -0.1) is 0 Å². The van der Waals surface area contributed by atoms with Crippen LogP contribution in [0.25, 0.3) is 10.9 Å². The number of fused-ring (bicyclic) bond motifs is 1. The van der Waals surface area contributed by atoms with E-state index in [-0.39, 0.29) is 0 Å². The van der Waals surface area contributed by atoms with Crippen molar-refractivity contribution >= 4 is 16.7 Å². The molecule has 3 nitrogen and oxygen atoms in total. The van der Waals surface area contributed by atoms with E-state index in [9.17, 15) is 5.26 Å². The Balaban J connectivity index is 2.25. The van der Waals surface area contributed by atoms with Crippen molar-refractivity contribution in [2.75, 3.05) is 11.9 Å². The summed E-state index contributed by atoms with van der Waals surface area (Å²) in [6, 6.07) is 11.9. The molecule has 110 valence electrons. The molecule has 1 aromatic carbocycles. The minimum Gasteiger partial charge on any atom is -0.370 e. The summed E-state index contributed by atoms with van der Waals surface area (Å²) in [5.74, 6) is 2.61. The van der Waals surface area contributed by atoms with Gasteiger partial charge in [-0.05, 0) is 29.9 Å². The molecule has 0 saturated carbocycles. The number of aromatic nitrogens is 1. The second-order valence-electron chi connectivity index (χ2n) is 6.22. The molecule has 0 amide bonds. The zero-order chi connectivity index (χ0) is 15.4. The van der Waals surface area contributed by atoms with E-state index < -0.39 is 0 Å². The van der Waals surface area contributed by atoms with Gasteiger partial charge in [0.25, 0.3) is 0 Å². The van der Waals surface area contributed by atoms with Crippen molar-refractivity contribution in [2.45, 2.75) is 27.7 Å². The molecule has 3 heteroatoms. The summed E-state index contributed by atoms with van der Waals surface area (Å²) in [6.07, 6.45) is 0. The lowest BCUT2D eigenvalue weighted by molar-refractivity contribution is 0.304. The molecular formula is C18H23N3. The molecule has 0 radical (unpaired) electrons. The summed E-state index contributed by atoms with van der Waals surface area (Å²) < 4.78 is 0. The van der Waals surface area contributed by atoms with Gasteiger partial charge in [0.15, 0.2) is 0 Å². The second kappa shape index (κ2) is 6.58. The number of rotatable bonds is 5. The van der Waals surface area contributed by atoms with Crippen LogP contribution >= 0.6 is 0 Å². The molecule has 0 unspecified atom stereocenters. The SMILES string of the molecule is CC(C)C(CNc1cc(C#N)c2ccccc2n1)C(C)C. The standard InChI is InChI=1S/C18H23N3/c1-12(2)16(13(3)4)11-20-18-9-14(10-19)15-7-5-6-8-17(15)21-18/h5-9,12-13,16H,11H2,1-4H3,(H,20,21). The van der Waals surface area contributed by atoms with Crippen LogP contribution in [-0.4, -0.2) is 11.5 Å². The highest BCUT2D eigenvalue weighted by Gasteiger charge is 2.17. The topological polar surface area (TPSA) is 48.7 Å². The van der Waals surface area contributed by atoms with Gasteiger partial charge in [-0.25, -0.2) is 4.98 Å². The maximum atomic E-state index is 9.31. The Morgan fingerprint density at radius 3 is 2.43 bits per heavy atom. The van der Waals surface area contributed by atoms with Crippen molar-refractivity contribution < 1.29 is 0 Å². The number of benzene rings is 1. The van der Waals surface area contributed by atoms with Crippen molar-refractivity contribution in [1.82, 2.24) is 4.98 Å². The summed E-state index contributed by atoms with van der Waals surface area (Å²) >= 11 is 0. The van der Waals surface area contributed by atoms with Crippen LogP contribution < -0.4 is 5.32 Å². The van der Waals surface area contributed by atoms with Gasteiger partial charge in [0.1, 0.15) is 5.82 Å². The normalized spacial score (nSPS) is 11.3. The molecule has 0 saturated heterocycles. The maximum Gasteiger partial charge on any atom is 0.127 e. The van der Waals surface area contributed by atoms with Gasteiger partial charge in [-0.2, -0.15) is 5.26 Å². The average molecular weight is 281 g/mol. The van der Waals surface area contributed by atoms with E-state index in [1.54, 1.807) is 0 Å². The van der Waals surface area contributed by atoms with E-state index in [0.717, 1.165) is 23.3 Å². The quantitative estimate of drug-likeness (QED) is 0.881. The average Bonchev–Trinajstić information content (AvgIpc) is 2.45. The molecule has 0 atom stereocenters.